The molecular weight excluding hydrogens is 246 g/mol. The van der Waals surface area contributed by atoms with E-state index in [1.807, 2.05) is 13.2 Å². The Bertz CT molecular complexity index is 497. The molecular formula is C13H19N3O3. The van der Waals surface area contributed by atoms with Gasteiger partial charge in [-0.3, -0.25) is 14.3 Å². The highest BCUT2D eigenvalue weighted by atomic mass is 16.4. The first-order valence-corrected chi connectivity index (χ1v) is 6.39. The fourth-order valence-corrected chi connectivity index (χ4v) is 2.36. The highest BCUT2D eigenvalue weighted by molar-refractivity contribution is 5.80. The predicted molar refractivity (Wildman–Crippen MR) is 68.5 cm³/mol. The third kappa shape index (κ3) is 2.94. The van der Waals surface area contributed by atoms with E-state index in [1.165, 1.54) is 0 Å². The monoisotopic (exact) mass is 265 g/mol. The van der Waals surface area contributed by atoms with Crippen LogP contribution in [0.1, 0.15) is 25.3 Å². The molecule has 1 atom stereocenters. The second-order valence-corrected chi connectivity index (χ2v) is 5.45. The molecule has 1 N–H and O–H groups in total. The topological polar surface area (TPSA) is 75.4 Å². The zero-order valence-electron chi connectivity index (χ0n) is 11.3. The predicted octanol–water partition coefficient (Wildman–Crippen LogP) is 0.676. The van der Waals surface area contributed by atoms with Crippen LogP contribution in [-0.2, 0) is 23.1 Å². The maximum atomic E-state index is 12.0. The van der Waals surface area contributed by atoms with Crippen LogP contribution < -0.4 is 0 Å². The molecule has 1 aliphatic rings. The third-order valence-corrected chi connectivity index (χ3v) is 3.73. The molecule has 0 saturated carbocycles. The smallest absolute Gasteiger partial charge is 0.311 e. The number of hydrogen-bond acceptors (Lipinski definition) is 3. The molecule has 2 rings (SSSR count). The lowest BCUT2D eigenvalue weighted by molar-refractivity contribution is -0.147. The number of aliphatic carboxylic acids is 1. The molecule has 1 fully saturated rings. The van der Waals surface area contributed by atoms with Gasteiger partial charge in [0.05, 0.1) is 11.6 Å². The van der Waals surface area contributed by atoms with E-state index in [9.17, 15) is 9.59 Å². The molecule has 1 unspecified atom stereocenters. The zero-order valence-corrected chi connectivity index (χ0v) is 11.3. The van der Waals surface area contributed by atoms with E-state index in [0.717, 1.165) is 5.56 Å². The molecule has 1 aromatic rings. The molecule has 0 radical (unpaired) electrons. The minimum Gasteiger partial charge on any atom is -0.481 e. The van der Waals surface area contributed by atoms with Crippen LogP contribution in [0.2, 0.25) is 0 Å². The van der Waals surface area contributed by atoms with Crippen LogP contribution in [0.25, 0.3) is 0 Å². The number of aryl methyl sites for hydroxylation is 2. The van der Waals surface area contributed by atoms with E-state index in [0.29, 0.717) is 32.4 Å². The number of carbonyl (C=O) groups is 2. The zero-order chi connectivity index (χ0) is 14.0. The van der Waals surface area contributed by atoms with E-state index >= 15 is 0 Å². The number of hydrogen-bond donors (Lipinski definition) is 1. The molecule has 2 heterocycles. The summed E-state index contributed by atoms with van der Waals surface area (Å²) in [7, 11) is 1.84. The molecule has 0 aromatic carbocycles. The summed E-state index contributed by atoms with van der Waals surface area (Å²) in [5.41, 5.74) is 0.236. The van der Waals surface area contributed by atoms with Gasteiger partial charge < -0.3 is 10.0 Å². The van der Waals surface area contributed by atoms with E-state index < -0.39 is 11.4 Å². The first kappa shape index (κ1) is 13.6. The number of carboxylic acid groups (broad SMARTS) is 1. The Labute approximate surface area is 112 Å². The minimum absolute atomic E-state index is 0.0221. The van der Waals surface area contributed by atoms with Crippen molar-refractivity contribution >= 4 is 11.9 Å². The van der Waals surface area contributed by atoms with E-state index in [2.05, 4.69) is 5.10 Å². The van der Waals surface area contributed by atoms with Gasteiger partial charge >= 0.3 is 5.97 Å². The fraction of sp³-hybridized carbons (Fsp3) is 0.615. The molecule has 6 heteroatoms. The van der Waals surface area contributed by atoms with Crippen LogP contribution in [0, 0.1) is 5.41 Å². The molecule has 19 heavy (non-hydrogen) atoms. The summed E-state index contributed by atoms with van der Waals surface area (Å²) in [4.78, 5) is 24.8. The summed E-state index contributed by atoms with van der Waals surface area (Å²) in [6.45, 7) is 2.55. The molecule has 1 aliphatic heterocycles. The Morgan fingerprint density at radius 1 is 1.53 bits per heavy atom. The molecule has 0 spiro atoms. The number of carboxylic acids is 1. The lowest BCUT2D eigenvalue weighted by Gasteiger charge is -2.20. The van der Waals surface area contributed by atoms with Crippen molar-refractivity contribution in [2.24, 2.45) is 12.5 Å². The van der Waals surface area contributed by atoms with Gasteiger partial charge in [-0.1, -0.05) is 0 Å². The van der Waals surface area contributed by atoms with Gasteiger partial charge in [-0.25, -0.2) is 0 Å². The Morgan fingerprint density at radius 3 is 2.79 bits per heavy atom. The van der Waals surface area contributed by atoms with Crippen LogP contribution in [0.4, 0.5) is 0 Å². The van der Waals surface area contributed by atoms with Crippen molar-refractivity contribution in [3.63, 3.8) is 0 Å². The van der Waals surface area contributed by atoms with Gasteiger partial charge in [-0.05, 0) is 25.3 Å². The minimum atomic E-state index is -0.824. The van der Waals surface area contributed by atoms with Gasteiger partial charge in [0.1, 0.15) is 0 Å². The second-order valence-electron chi connectivity index (χ2n) is 5.45. The lowest BCUT2D eigenvalue weighted by Crippen LogP contribution is -2.34. The number of aromatic nitrogens is 2. The van der Waals surface area contributed by atoms with Crippen LogP contribution in [0.15, 0.2) is 12.4 Å². The van der Waals surface area contributed by atoms with Crippen molar-refractivity contribution in [1.29, 1.82) is 0 Å². The Morgan fingerprint density at radius 2 is 2.26 bits per heavy atom. The summed E-state index contributed by atoms with van der Waals surface area (Å²) in [6, 6.07) is 0. The van der Waals surface area contributed by atoms with Gasteiger partial charge in [0.25, 0.3) is 0 Å². The first-order valence-electron chi connectivity index (χ1n) is 6.39. The summed E-state index contributed by atoms with van der Waals surface area (Å²) in [6.07, 6.45) is 5.21. The maximum absolute atomic E-state index is 12.0. The molecule has 1 saturated heterocycles. The van der Waals surface area contributed by atoms with E-state index in [4.69, 9.17) is 5.11 Å². The molecule has 1 aromatic heterocycles. The average molecular weight is 265 g/mol. The van der Waals surface area contributed by atoms with Crippen molar-refractivity contribution in [2.45, 2.75) is 26.2 Å². The number of amides is 1. The molecule has 0 aliphatic carbocycles. The summed E-state index contributed by atoms with van der Waals surface area (Å²) in [5, 5.41) is 13.2. The molecule has 6 nitrogen and oxygen atoms in total. The van der Waals surface area contributed by atoms with E-state index in [-0.39, 0.29) is 5.91 Å². The van der Waals surface area contributed by atoms with E-state index in [1.54, 1.807) is 22.7 Å². The number of rotatable bonds is 4. The standard InChI is InChI=1S/C13H19N3O3/c1-13(12(18)19)5-6-16(9-13)11(17)4-3-10-7-14-15(2)8-10/h7-8H,3-6,9H2,1-2H3,(H,18,19). The highest BCUT2D eigenvalue weighted by Crippen LogP contribution is 2.30. The third-order valence-electron chi connectivity index (χ3n) is 3.73. The largest absolute Gasteiger partial charge is 0.481 e. The molecule has 0 bridgehead atoms. The molecule has 104 valence electrons. The lowest BCUT2D eigenvalue weighted by atomic mass is 9.90. The van der Waals surface area contributed by atoms with Gasteiger partial charge in [0.2, 0.25) is 5.91 Å². The number of carbonyl (C=O) groups excluding carboxylic acids is 1. The van der Waals surface area contributed by atoms with Crippen molar-refractivity contribution in [3.05, 3.63) is 18.0 Å². The molecule has 1 amide bonds. The van der Waals surface area contributed by atoms with Crippen LogP contribution in [0.3, 0.4) is 0 Å². The van der Waals surface area contributed by atoms with Crippen molar-refractivity contribution in [3.8, 4) is 0 Å². The summed E-state index contributed by atoms with van der Waals surface area (Å²) >= 11 is 0. The van der Waals surface area contributed by atoms with Crippen LogP contribution in [-0.4, -0.2) is 44.8 Å². The quantitative estimate of drug-likeness (QED) is 0.868. The summed E-state index contributed by atoms with van der Waals surface area (Å²) < 4.78 is 1.71. The van der Waals surface area contributed by atoms with Gasteiger partial charge in [0.15, 0.2) is 0 Å². The summed E-state index contributed by atoms with van der Waals surface area (Å²) in [5.74, 6) is -0.802. The van der Waals surface area contributed by atoms with Crippen molar-refractivity contribution < 1.29 is 14.7 Å². The maximum Gasteiger partial charge on any atom is 0.311 e. The average Bonchev–Trinajstić information content (AvgIpc) is 2.94. The van der Waals surface area contributed by atoms with Gasteiger partial charge in [-0.2, -0.15) is 5.10 Å². The van der Waals surface area contributed by atoms with Crippen LogP contribution >= 0.6 is 0 Å². The fourth-order valence-electron chi connectivity index (χ4n) is 2.36. The van der Waals surface area contributed by atoms with Gasteiger partial charge in [0, 0.05) is 32.8 Å². The normalized spacial score (nSPS) is 22.7. The van der Waals surface area contributed by atoms with Crippen molar-refractivity contribution in [2.75, 3.05) is 13.1 Å². The first-order chi connectivity index (χ1) is 8.90. The number of nitrogens with zero attached hydrogens (tertiary/aromatic N) is 3. The highest BCUT2D eigenvalue weighted by Gasteiger charge is 2.41. The number of likely N-dealkylation sites (tertiary alicyclic amines) is 1. The Hall–Kier alpha value is -1.85. The second kappa shape index (κ2) is 5.03. The van der Waals surface area contributed by atoms with Gasteiger partial charge in [-0.15, -0.1) is 0 Å². The van der Waals surface area contributed by atoms with Crippen molar-refractivity contribution in [1.82, 2.24) is 14.7 Å². The Kier molecular flexibility index (Phi) is 3.59. The SMILES string of the molecule is Cn1cc(CCC(=O)N2CCC(C)(C(=O)O)C2)cn1. The Balaban J connectivity index is 1.86. The van der Waals surface area contributed by atoms with Crippen LogP contribution in [0.5, 0.6) is 0 Å².